The number of carbonyl (C=O) groups is 1. The lowest BCUT2D eigenvalue weighted by atomic mass is 10.1. The Labute approximate surface area is 125 Å². The van der Waals surface area contributed by atoms with Crippen molar-refractivity contribution >= 4 is 16.0 Å². The molecule has 0 aromatic heterocycles. The van der Waals surface area contributed by atoms with Crippen molar-refractivity contribution in [1.82, 2.24) is 4.72 Å². The summed E-state index contributed by atoms with van der Waals surface area (Å²) in [5.41, 5.74) is 0.789. The quantitative estimate of drug-likeness (QED) is 0.810. The van der Waals surface area contributed by atoms with Crippen molar-refractivity contribution in [2.75, 3.05) is 6.54 Å². The number of hydrogen-bond acceptors (Lipinski definition) is 3. The van der Waals surface area contributed by atoms with Gasteiger partial charge in [-0.15, -0.1) is 0 Å². The van der Waals surface area contributed by atoms with Crippen molar-refractivity contribution in [3.8, 4) is 0 Å². The van der Waals surface area contributed by atoms with Gasteiger partial charge >= 0.3 is 5.97 Å². The lowest BCUT2D eigenvalue weighted by molar-refractivity contribution is 0.0695. The van der Waals surface area contributed by atoms with Crippen molar-refractivity contribution < 1.29 is 18.3 Å². The van der Waals surface area contributed by atoms with Gasteiger partial charge in [-0.1, -0.05) is 19.9 Å². The third-order valence-electron chi connectivity index (χ3n) is 4.35. The summed E-state index contributed by atoms with van der Waals surface area (Å²) in [6.45, 7) is 4.32. The fourth-order valence-corrected chi connectivity index (χ4v) is 3.58. The second-order valence-electron chi connectivity index (χ2n) is 5.66. The predicted molar refractivity (Wildman–Crippen MR) is 79.9 cm³/mol. The Kier molecular flexibility index (Phi) is 4.39. The maximum absolute atomic E-state index is 12.3. The normalized spacial score (nSPS) is 16.7. The number of nitrogens with one attached hydrogen (secondary N) is 1. The van der Waals surface area contributed by atoms with Crippen molar-refractivity contribution in [2.24, 2.45) is 5.41 Å². The second-order valence-corrected chi connectivity index (χ2v) is 7.42. The van der Waals surface area contributed by atoms with Gasteiger partial charge in [-0.3, -0.25) is 0 Å². The first-order chi connectivity index (χ1) is 9.83. The van der Waals surface area contributed by atoms with Gasteiger partial charge < -0.3 is 5.11 Å². The van der Waals surface area contributed by atoms with E-state index in [0.29, 0.717) is 18.5 Å². The van der Waals surface area contributed by atoms with Gasteiger partial charge in [0.1, 0.15) is 0 Å². The molecular formula is C15H21NO4S. The molecule has 0 aliphatic heterocycles. The molecular weight excluding hydrogens is 290 g/mol. The summed E-state index contributed by atoms with van der Waals surface area (Å²) < 4.78 is 27.2. The van der Waals surface area contributed by atoms with Crippen LogP contribution >= 0.6 is 0 Å². The summed E-state index contributed by atoms with van der Waals surface area (Å²) in [5, 5.41) is 9.18. The largest absolute Gasteiger partial charge is 0.478 e. The van der Waals surface area contributed by atoms with E-state index in [2.05, 4.69) is 11.6 Å². The number of sulfonamides is 1. The molecule has 116 valence electrons. The van der Waals surface area contributed by atoms with E-state index in [-0.39, 0.29) is 15.9 Å². The smallest absolute Gasteiger partial charge is 0.336 e. The van der Waals surface area contributed by atoms with Crippen molar-refractivity contribution in [3.63, 3.8) is 0 Å². The summed E-state index contributed by atoms with van der Waals surface area (Å²) >= 11 is 0. The van der Waals surface area contributed by atoms with Crippen LogP contribution in [0.15, 0.2) is 23.1 Å². The number of carboxylic acid groups (broad SMARTS) is 1. The van der Waals surface area contributed by atoms with Crippen LogP contribution in [0, 0.1) is 5.41 Å². The minimum Gasteiger partial charge on any atom is -0.478 e. The Morgan fingerprint density at radius 2 is 2.00 bits per heavy atom. The van der Waals surface area contributed by atoms with E-state index in [1.54, 1.807) is 6.07 Å². The molecule has 21 heavy (non-hydrogen) atoms. The summed E-state index contributed by atoms with van der Waals surface area (Å²) in [6, 6.07) is 4.29. The molecule has 0 bridgehead atoms. The number of benzene rings is 1. The number of carboxylic acids is 1. The first-order valence-electron chi connectivity index (χ1n) is 7.19. The Morgan fingerprint density at radius 1 is 1.33 bits per heavy atom. The molecule has 0 amide bonds. The average Bonchev–Trinajstić information content (AvgIpc) is 3.25. The fraction of sp³-hybridized carbons (Fsp3) is 0.533. The van der Waals surface area contributed by atoms with Crippen molar-refractivity contribution in [2.45, 2.75) is 44.4 Å². The van der Waals surface area contributed by atoms with Crippen LogP contribution in [0.5, 0.6) is 0 Å². The van der Waals surface area contributed by atoms with E-state index in [1.165, 1.54) is 12.1 Å². The van der Waals surface area contributed by atoms with E-state index in [0.717, 1.165) is 19.3 Å². The molecule has 0 radical (unpaired) electrons. The number of hydrogen-bond donors (Lipinski definition) is 2. The molecule has 6 heteroatoms. The zero-order valence-electron chi connectivity index (χ0n) is 12.3. The van der Waals surface area contributed by atoms with E-state index >= 15 is 0 Å². The highest BCUT2D eigenvalue weighted by atomic mass is 32.2. The molecule has 0 saturated heterocycles. The summed E-state index contributed by atoms with van der Waals surface area (Å²) in [7, 11) is -3.66. The molecule has 0 unspecified atom stereocenters. The van der Waals surface area contributed by atoms with E-state index in [4.69, 9.17) is 0 Å². The first-order valence-corrected chi connectivity index (χ1v) is 8.68. The van der Waals surface area contributed by atoms with Gasteiger partial charge in [0.15, 0.2) is 0 Å². The summed E-state index contributed by atoms with van der Waals surface area (Å²) in [5.74, 6) is -1.10. The van der Waals surface area contributed by atoms with E-state index in [9.17, 15) is 18.3 Å². The zero-order valence-corrected chi connectivity index (χ0v) is 13.2. The highest BCUT2D eigenvalue weighted by Gasteiger charge is 2.41. The molecule has 1 aromatic rings. The standard InChI is InChI=1S/C15H21NO4S/c1-3-11-5-6-12(9-13(11)14(17)18)21(19,20)16-10-15(4-2)7-8-15/h5-6,9,16H,3-4,7-8,10H2,1-2H3,(H,17,18). The zero-order chi connectivity index (χ0) is 15.7. The number of aryl methyl sites for hydroxylation is 1. The fourth-order valence-electron chi connectivity index (χ4n) is 2.39. The molecule has 1 fully saturated rings. The molecule has 5 nitrogen and oxygen atoms in total. The van der Waals surface area contributed by atoms with Gasteiger partial charge in [0.05, 0.1) is 10.5 Å². The first kappa shape index (κ1) is 16.0. The maximum atomic E-state index is 12.3. The summed E-state index contributed by atoms with van der Waals surface area (Å²) in [4.78, 5) is 11.2. The van der Waals surface area contributed by atoms with Gasteiger partial charge in [-0.25, -0.2) is 17.9 Å². The number of rotatable bonds is 7. The molecule has 0 atom stereocenters. The Balaban J connectivity index is 2.23. The molecule has 1 aromatic carbocycles. The predicted octanol–water partition coefficient (Wildman–Crippen LogP) is 2.42. The Hall–Kier alpha value is -1.40. The highest BCUT2D eigenvalue weighted by Crippen LogP contribution is 2.48. The molecule has 2 N–H and O–H groups in total. The van der Waals surface area contributed by atoms with Gasteiger partial charge in [-0.05, 0) is 48.8 Å². The van der Waals surface area contributed by atoms with Crippen LogP contribution in [-0.2, 0) is 16.4 Å². The van der Waals surface area contributed by atoms with Crippen molar-refractivity contribution in [3.05, 3.63) is 29.3 Å². The summed E-state index contributed by atoms with van der Waals surface area (Å²) in [6.07, 6.45) is 3.58. The molecule has 1 aliphatic rings. The van der Waals surface area contributed by atoms with Gasteiger partial charge in [0.2, 0.25) is 10.0 Å². The van der Waals surface area contributed by atoms with Crippen LogP contribution in [0.1, 0.15) is 49.0 Å². The Morgan fingerprint density at radius 3 is 2.48 bits per heavy atom. The third-order valence-corrected chi connectivity index (χ3v) is 5.75. The van der Waals surface area contributed by atoms with Gasteiger partial charge in [0.25, 0.3) is 0 Å². The molecule has 0 heterocycles. The topological polar surface area (TPSA) is 83.5 Å². The second kappa shape index (κ2) is 5.77. The monoisotopic (exact) mass is 311 g/mol. The van der Waals surface area contributed by atoms with E-state index in [1.807, 2.05) is 6.92 Å². The maximum Gasteiger partial charge on any atom is 0.336 e. The number of aromatic carboxylic acids is 1. The molecule has 0 spiro atoms. The third kappa shape index (κ3) is 3.44. The SMILES string of the molecule is CCc1ccc(S(=O)(=O)NCC2(CC)CC2)cc1C(=O)O. The van der Waals surface area contributed by atoms with Crippen LogP contribution in [0.3, 0.4) is 0 Å². The van der Waals surface area contributed by atoms with Gasteiger partial charge in [0, 0.05) is 6.54 Å². The van der Waals surface area contributed by atoms with Crippen LogP contribution < -0.4 is 4.72 Å². The molecule has 2 rings (SSSR count). The van der Waals surface area contributed by atoms with Crippen LogP contribution in [0.25, 0.3) is 0 Å². The van der Waals surface area contributed by atoms with Crippen LogP contribution in [0.2, 0.25) is 0 Å². The van der Waals surface area contributed by atoms with E-state index < -0.39 is 16.0 Å². The minimum absolute atomic E-state index is 0.0176. The Bertz CT molecular complexity index is 648. The average molecular weight is 311 g/mol. The minimum atomic E-state index is -3.66. The van der Waals surface area contributed by atoms with Crippen LogP contribution in [0.4, 0.5) is 0 Å². The van der Waals surface area contributed by atoms with Crippen molar-refractivity contribution in [1.29, 1.82) is 0 Å². The van der Waals surface area contributed by atoms with Crippen LogP contribution in [-0.4, -0.2) is 26.0 Å². The molecule has 1 aliphatic carbocycles. The highest BCUT2D eigenvalue weighted by molar-refractivity contribution is 7.89. The lowest BCUT2D eigenvalue weighted by Gasteiger charge is -2.14. The van der Waals surface area contributed by atoms with Gasteiger partial charge in [-0.2, -0.15) is 0 Å². The lowest BCUT2D eigenvalue weighted by Crippen LogP contribution is -2.30. The molecule has 1 saturated carbocycles.